The minimum absolute atomic E-state index is 0. The number of thiophene rings is 1. The molecule has 0 saturated carbocycles. The number of hydrogen-bond acceptors (Lipinski definition) is 6. The molecule has 3 aromatic heterocycles. The van der Waals surface area contributed by atoms with E-state index in [1.54, 1.807) is 17.7 Å². The average molecular weight is 855 g/mol. The molecule has 1 radical (unpaired) electrons. The summed E-state index contributed by atoms with van der Waals surface area (Å²) < 4.78 is 1.25. The van der Waals surface area contributed by atoms with Crippen LogP contribution in [0.2, 0.25) is 0 Å². The number of carbonyl (C=O) groups is 1. The van der Waals surface area contributed by atoms with Crippen molar-refractivity contribution in [1.29, 1.82) is 0 Å². The van der Waals surface area contributed by atoms with Crippen LogP contribution in [0.1, 0.15) is 99.3 Å². The summed E-state index contributed by atoms with van der Waals surface area (Å²) in [4.78, 5) is 26.0. The van der Waals surface area contributed by atoms with Gasteiger partial charge < -0.3 is 5.11 Å². The number of ketones is 1. The number of rotatable bonds is 11. The molecule has 0 bridgehead atoms. The van der Waals surface area contributed by atoms with Crippen LogP contribution in [0.15, 0.2) is 72.1 Å². The molecule has 263 valence electrons. The van der Waals surface area contributed by atoms with E-state index in [9.17, 15) is 9.90 Å². The Morgan fingerprint density at radius 3 is 2.16 bits per heavy atom. The fraction of sp³-hybridized carbons (Fsp3) is 0.429. The summed E-state index contributed by atoms with van der Waals surface area (Å²) in [5.41, 5.74) is 6.06. The van der Waals surface area contributed by atoms with Gasteiger partial charge in [-0.3, -0.25) is 14.8 Å². The van der Waals surface area contributed by atoms with E-state index in [4.69, 9.17) is 4.98 Å². The largest absolute Gasteiger partial charge is 0.512 e. The van der Waals surface area contributed by atoms with Crippen molar-refractivity contribution in [1.82, 2.24) is 15.0 Å². The SMILES string of the molecule is CC(C)Cc1nc(-c2cc(-c3[c-]c4ccccc4c(C(C)(C)C)c3)ncn2)cc2sccc12.CCC(CC)C(=O)/C=C(\O)C(CC)CC.[Ir]. The molecule has 49 heavy (non-hydrogen) atoms. The minimum atomic E-state index is 0. The Kier molecular flexibility index (Phi) is 14.9. The average Bonchev–Trinajstić information content (AvgIpc) is 3.54. The maximum Gasteiger partial charge on any atom is 0.162 e. The number of pyridine rings is 1. The van der Waals surface area contributed by atoms with Crippen molar-refractivity contribution in [2.45, 2.75) is 99.8 Å². The zero-order chi connectivity index (χ0) is 35.0. The van der Waals surface area contributed by atoms with Gasteiger partial charge in [-0.2, -0.15) is 0 Å². The molecular formula is C42H52IrN3O2S-. The number of benzene rings is 2. The normalized spacial score (nSPS) is 12.0. The zero-order valence-electron chi connectivity index (χ0n) is 30.6. The third-order valence-corrected chi connectivity index (χ3v) is 9.87. The number of nitrogens with zero attached hydrogens (tertiary/aromatic N) is 3. The summed E-state index contributed by atoms with van der Waals surface area (Å²) in [7, 11) is 0. The van der Waals surface area contributed by atoms with Crippen molar-refractivity contribution in [3.05, 3.63) is 89.4 Å². The number of aliphatic hydroxyl groups is 1. The summed E-state index contributed by atoms with van der Waals surface area (Å²) in [6.07, 6.45) is 7.50. The molecule has 2 aromatic carbocycles. The fourth-order valence-electron chi connectivity index (χ4n) is 6.12. The predicted molar refractivity (Wildman–Crippen MR) is 204 cm³/mol. The first kappa shape index (κ1) is 40.2. The van der Waals surface area contributed by atoms with Crippen molar-refractivity contribution >= 4 is 38.0 Å². The number of aliphatic hydroxyl groups excluding tert-OH is 1. The van der Waals surface area contributed by atoms with Crippen LogP contribution < -0.4 is 0 Å². The molecule has 0 amide bonds. The van der Waals surface area contributed by atoms with Gasteiger partial charge in [0.05, 0.1) is 22.8 Å². The molecule has 0 aliphatic rings. The van der Waals surface area contributed by atoms with Gasteiger partial charge in [-0.05, 0) is 67.0 Å². The second-order valence-electron chi connectivity index (χ2n) is 14.1. The standard InChI is InChI=1S/C29H28N3S.C13H24O2.Ir/c1-18(2)12-25-22-10-11-33-28(22)16-27(32-25)26-15-24(30-17-31-26)20-13-19-8-6-7-9-21(19)23(14-20)29(3,4)5;1-5-10(6-2)12(14)9-13(15)11(7-3)8-4;/h6-11,14-18H,12H2,1-5H3;9-11,14H,5-8H2,1-4H3;/q-1;;/b;12-9-;. The van der Waals surface area contributed by atoms with E-state index in [-0.39, 0.29) is 48.9 Å². The molecule has 5 rings (SSSR count). The molecular weight excluding hydrogens is 803 g/mol. The number of carbonyl (C=O) groups excluding carboxylic acids is 1. The molecule has 3 heterocycles. The van der Waals surface area contributed by atoms with Crippen molar-refractivity contribution in [3.8, 4) is 22.6 Å². The molecule has 0 fully saturated rings. The smallest absolute Gasteiger partial charge is 0.162 e. The molecule has 0 spiro atoms. The van der Waals surface area contributed by atoms with Crippen LogP contribution in [0.4, 0.5) is 0 Å². The van der Waals surface area contributed by atoms with E-state index in [2.05, 4.69) is 98.5 Å². The Morgan fingerprint density at radius 1 is 0.878 bits per heavy atom. The number of allylic oxidation sites excluding steroid dienone is 2. The van der Waals surface area contributed by atoms with Gasteiger partial charge in [-0.15, -0.1) is 40.5 Å². The molecule has 0 unspecified atom stereocenters. The Bertz CT molecular complexity index is 1860. The Morgan fingerprint density at radius 2 is 1.53 bits per heavy atom. The van der Waals surface area contributed by atoms with E-state index >= 15 is 0 Å². The van der Waals surface area contributed by atoms with Crippen LogP contribution in [-0.4, -0.2) is 25.8 Å². The number of aromatic nitrogens is 3. The van der Waals surface area contributed by atoms with Crippen molar-refractivity contribution in [3.63, 3.8) is 0 Å². The van der Waals surface area contributed by atoms with Crippen LogP contribution in [-0.2, 0) is 36.7 Å². The third kappa shape index (κ3) is 10.2. The van der Waals surface area contributed by atoms with Gasteiger partial charge >= 0.3 is 0 Å². The first-order valence-electron chi connectivity index (χ1n) is 17.5. The Balaban J connectivity index is 0.000000347. The van der Waals surface area contributed by atoms with Gasteiger partial charge in [-0.1, -0.05) is 91.5 Å². The van der Waals surface area contributed by atoms with E-state index in [1.807, 2.05) is 33.8 Å². The third-order valence-electron chi connectivity index (χ3n) is 9.00. The Labute approximate surface area is 311 Å². The summed E-state index contributed by atoms with van der Waals surface area (Å²) in [5, 5.41) is 15.5. The maximum atomic E-state index is 11.7. The summed E-state index contributed by atoms with van der Waals surface area (Å²) in [6.45, 7) is 19.3. The van der Waals surface area contributed by atoms with Gasteiger partial charge in [-0.25, -0.2) is 4.98 Å². The van der Waals surface area contributed by atoms with Crippen LogP contribution in [0.5, 0.6) is 0 Å². The van der Waals surface area contributed by atoms with Gasteiger partial charge in [0.25, 0.3) is 0 Å². The second-order valence-corrected chi connectivity index (χ2v) is 15.0. The molecule has 0 atom stereocenters. The molecule has 5 nitrogen and oxygen atoms in total. The Hall–Kier alpha value is -3.25. The summed E-state index contributed by atoms with van der Waals surface area (Å²) >= 11 is 1.75. The molecule has 7 heteroatoms. The van der Waals surface area contributed by atoms with Crippen LogP contribution in [0.25, 0.3) is 43.5 Å². The van der Waals surface area contributed by atoms with Gasteiger partial charge in [0.1, 0.15) is 6.33 Å². The van der Waals surface area contributed by atoms with Crippen molar-refractivity contribution < 1.29 is 30.0 Å². The topological polar surface area (TPSA) is 76.0 Å². The minimum Gasteiger partial charge on any atom is -0.512 e. The summed E-state index contributed by atoms with van der Waals surface area (Å²) in [5.74, 6) is 1.09. The second kappa shape index (κ2) is 18.1. The van der Waals surface area contributed by atoms with Crippen LogP contribution >= 0.6 is 11.3 Å². The van der Waals surface area contributed by atoms with E-state index in [1.165, 1.54) is 27.1 Å². The van der Waals surface area contributed by atoms with Gasteiger partial charge in [0.15, 0.2) is 5.78 Å². The molecule has 0 aliphatic heterocycles. The molecule has 5 aromatic rings. The first-order valence-corrected chi connectivity index (χ1v) is 18.4. The van der Waals surface area contributed by atoms with Crippen molar-refractivity contribution in [2.75, 3.05) is 0 Å². The van der Waals surface area contributed by atoms with Crippen LogP contribution in [0.3, 0.4) is 0 Å². The quantitative estimate of drug-likeness (QED) is 0.0814. The van der Waals surface area contributed by atoms with Crippen molar-refractivity contribution in [2.24, 2.45) is 17.8 Å². The van der Waals surface area contributed by atoms with E-state index in [0.29, 0.717) is 5.92 Å². The van der Waals surface area contributed by atoms with Gasteiger partial charge in [0, 0.05) is 53.8 Å². The monoisotopic (exact) mass is 855 g/mol. The van der Waals surface area contributed by atoms with Crippen LogP contribution in [0, 0.1) is 23.8 Å². The van der Waals surface area contributed by atoms with E-state index < -0.39 is 0 Å². The van der Waals surface area contributed by atoms with E-state index in [0.717, 1.165) is 65.8 Å². The maximum absolute atomic E-state index is 11.7. The van der Waals surface area contributed by atoms with Gasteiger partial charge in [0.2, 0.25) is 0 Å². The number of hydrogen-bond donors (Lipinski definition) is 1. The molecule has 1 N–H and O–H groups in total. The fourth-order valence-corrected chi connectivity index (χ4v) is 6.96. The predicted octanol–water partition coefficient (Wildman–Crippen LogP) is 11.7. The zero-order valence-corrected chi connectivity index (χ0v) is 33.8. The first-order chi connectivity index (χ1) is 22.9. The number of fused-ring (bicyclic) bond motifs is 2. The summed E-state index contributed by atoms with van der Waals surface area (Å²) in [6, 6.07) is 20.7. The molecule has 0 saturated heterocycles. The molecule has 0 aliphatic carbocycles.